The summed E-state index contributed by atoms with van der Waals surface area (Å²) in [6, 6.07) is 4.18. The van der Waals surface area contributed by atoms with Gasteiger partial charge in [-0.1, -0.05) is 6.07 Å². The van der Waals surface area contributed by atoms with E-state index in [9.17, 15) is 14.3 Å². The van der Waals surface area contributed by atoms with Crippen LogP contribution in [0.15, 0.2) is 18.2 Å². The Balaban J connectivity index is 2.03. The maximum atomic E-state index is 13.5. The van der Waals surface area contributed by atoms with E-state index in [0.29, 0.717) is 13.0 Å². The fraction of sp³-hybridized carbons (Fsp3) is 0.417. The number of hydrogen-bond acceptors (Lipinski definition) is 3. The number of anilines is 1. The van der Waals surface area contributed by atoms with Crippen molar-refractivity contribution in [2.75, 3.05) is 11.9 Å². The number of aliphatic hydroxyl groups excluding tert-OH is 1. The van der Waals surface area contributed by atoms with E-state index in [1.165, 1.54) is 12.1 Å². The number of halogens is 1. The van der Waals surface area contributed by atoms with Gasteiger partial charge in [0.1, 0.15) is 5.82 Å². The van der Waals surface area contributed by atoms with Crippen LogP contribution in [0.4, 0.5) is 10.1 Å². The topological polar surface area (TPSA) is 61.4 Å². The smallest absolute Gasteiger partial charge is 0.241 e. The molecule has 4 nitrogen and oxygen atoms in total. The van der Waals surface area contributed by atoms with Gasteiger partial charge in [0.15, 0.2) is 0 Å². The summed E-state index contributed by atoms with van der Waals surface area (Å²) in [6.07, 6.45) is -0.145. The second kappa shape index (κ2) is 4.81. The van der Waals surface area contributed by atoms with Crippen molar-refractivity contribution in [1.82, 2.24) is 5.32 Å². The molecule has 1 amide bonds. The highest BCUT2D eigenvalue weighted by atomic mass is 19.1. The number of carbonyl (C=O) groups excluding carboxylic acids is 1. The number of carbonyl (C=O) groups is 1. The van der Waals surface area contributed by atoms with Gasteiger partial charge in [0.25, 0.3) is 0 Å². The molecule has 2 atom stereocenters. The molecule has 0 saturated carbocycles. The lowest BCUT2D eigenvalue weighted by atomic mass is 10.1. The predicted molar refractivity (Wildman–Crippen MR) is 62.2 cm³/mol. The van der Waals surface area contributed by atoms with Gasteiger partial charge in [-0.15, -0.1) is 0 Å². The lowest BCUT2D eigenvalue weighted by Crippen LogP contribution is -2.35. The lowest BCUT2D eigenvalue weighted by Gasteiger charge is -2.11. The third-order valence-corrected chi connectivity index (χ3v) is 2.81. The summed E-state index contributed by atoms with van der Waals surface area (Å²) in [7, 11) is 0. The van der Waals surface area contributed by atoms with E-state index in [0.717, 1.165) is 5.56 Å². The van der Waals surface area contributed by atoms with Crippen LogP contribution in [-0.2, 0) is 4.79 Å². The van der Waals surface area contributed by atoms with Gasteiger partial charge in [-0.05, 0) is 31.0 Å². The molecule has 2 unspecified atom stereocenters. The van der Waals surface area contributed by atoms with E-state index < -0.39 is 18.0 Å². The molecule has 0 radical (unpaired) electrons. The summed E-state index contributed by atoms with van der Waals surface area (Å²) in [5, 5.41) is 14.7. The average Bonchev–Trinajstić information content (AvgIpc) is 2.69. The van der Waals surface area contributed by atoms with Crippen molar-refractivity contribution in [2.24, 2.45) is 0 Å². The monoisotopic (exact) mass is 238 g/mol. The second-order valence-electron chi connectivity index (χ2n) is 4.32. The van der Waals surface area contributed by atoms with Gasteiger partial charge in [0.2, 0.25) is 5.91 Å². The van der Waals surface area contributed by atoms with Crippen molar-refractivity contribution in [3.05, 3.63) is 29.6 Å². The second-order valence-corrected chi connectivity index (χ2v) is 4.32. The van der Waals surface area contributed by atoms with E-state index in [4.69, 9.17) is 0 Å². The summed E-state index contributed by atoms with van der Waals surface area (Å²) in [6.45, 7) is 2.18. The molecule has 1 fully saturated rings. The first kappa shape index (κ1) is 12.0. The predicted octanol–water partition coefficient (Wildman–Crippen LogP) is 0.795. The summed E-state index contributed by atoms with van der Waals surface area (Å²) in [5.41, 5.74) is 0.971. The van der Waals surface area contributed by atoms with Crippen LogP contribution in [0.5, 0.6) is 0 Å². The summed E-state index contributed by atoms with van der Waals surface area (Å²) in [4.78, 5) is 11.7. The quantitative estimate of drug-likeness (QED) is 0.714. The van der Waals surface area contributed by atoms with E-state index in [2.05, 4.69) is 10.6 Å². The number of amides is 1. The number of aliphatic hydroxyl groups is 1. The summed E-state index contributed by atoms with van der Waals surface area (Å²) in [5.74, 6) is -0.763. The number of benzene rings is 1. The molecular weight excluding hydrogens is 223 g/mol. The molecule has 5 heteroatoms. The minimum Gasteiger partial charge on any atom is -0.392 e. The minimum absolute atomic E-state index is 0.170. The Kier molecular flexibility index (Phi) is 3.40. The van der Waals surface area contributed by atoms with Crippen molar-refractivity contribution < 1.29 is 14.3 Å². The molecule has 1 heterocycles. The van der Waals surface area contributed by atoms with Gasteiger partial charge >= 0.3 is 0 Å². The van der Waals surface area contributed by atoms with E-state index in [-0.39, 0.29) is 11.6 Å². The number of rotatable bonds is 2. The van der Waals surface area contributed by atoms with Crippen LogP contribution in [0.2, 0.25) is 0 Å². The van der Waals surface area contributed by atoms with Crippen molar-refractivity contribution in [2.45, 2.75) is 25.5 Å². The maximum absolute atomic E-state index is 13.5. The van der Waals surface area contributed by atoms with Crippen LogP contribution in [0.1, 0.15) is 12.0 Å². The lowest BCUT2D eigenvalue weighted by molar-refractivity contribution is -0.118. The number of hydrogen-bond donors (Lipinski definition) is 3. The van der Waals surface area contributed by atoms with Gasteiger partial charge in [-0.2, -0.15) is 0 Å². The molecule has 2 rings (SSSR count). The largest absolute Gasteiger partial charge is 0.392 e. The van der Waals surface area contributed by atoms with Crippen LogP contribution in [0, 0.1) is 12.7 Å². The van der Waals surface area contributed by atoms with Crippen LogP contribution < -0.4 is 10.6 Å². The number of nitrogens with one attached hydrogen (secondary N) is 2. The zero-order valence-corrected chi connectivity index (χ0v) is 9.53. The fourth-order valence-corrected chi connectivity index (χ4v) is 1.86. The van der Waals surface area contributed by atoms with Gasteiger partial charge in [-0.25, -0.2) is 4.39 Å². The molecule has 17 heavy (non-hydrogen) atoms. The van der Waals surface area contributed by atoms with Gasteiger partial charge in [0, 0.05) is 6.54 Å². The number of β-amino-alcohol motifs (C(OH)–C–C–N with tert-alkyl or cyclic N) is 1. The molecule has 0 aromatic heterocycles. The molecule has 0 bridgehead atoms. The van der Waals surface area contributed by atoms with Gasteiger partial charge in [0.05, 0.1) is 17.8 Å². The SMILES string of the molecule is Cc1ccc(NC(=O)C2CC(O)CN2)c(F)c1. The van der Waals surface area contributed by atoms with Crippen molar-refractivity contribution in [3.8, 4) is 0 Å². The van der Waals surface area contributed by atoms with E-state index >= 15 is 0 Å². The molecule has 3 N–H and O–H groups in total. The van der Waals surface area contributed by atoms with Crippen molar-refractivity contribution in [3.63, 3.8) is 0 Å². The Morgan fingerprint density at radius 3 is 2.94 bits per heavy atom. The Labute approximate surface area is 98.8 Å². The third kappa shape index (κ3) is 2.81. The van der Waals surface area contributed by atoms with Crippen LogP contribution in [0.25, 0.3) is 0 Å². The Hall–Kier alpha value is -1.46. The highest BCUT2D eigenvalue weighted by Gasteiger charge is 2.28. The van der Waals surface area contributed by atoms with Crippen LogP contribution >= 0.6 is 0 Å². The first-order chi connectivity index (χ1) is 8.06. The first-order valence-electron chi connectivity index (χ1n) is 5.54. The van der Waals surface area contributed by atoms with Crippen LogP contribution in [0.3, 0.4) is 0 Å². The molecule has 0 aliphatic carbocycles. The first-order valence-corrected chi connectivity index (χ1v) is 5.54. The standard InChI is InChI=1S/C12H15FN2O2/c1-7-2-3-10(9(13)4-7)15-12(17)11-5-8(16)6-14-11/h2-4,8,11,14,16H,5-6H2,1H3,(H,15,17). The van der Waals surface area contributed by atoms with Crippen molar-refractivity contribution in [1.29, 1.82) is 0 Å². The fourth-order valence-electron chi connectivity index (χ4n) is 1.86. The third-order valence-electron chi connectivity index (χ3n) is 2.81. The minimum atomic E-state index is -0.506. The van der Waals surface area contributed by atoms with E-state index in [1.807, 2.05) is 0 Å². The molecular formula is C12H15FN2O2. The average molecular weight is 238 g/mol. The number of aryl methyl sites for hydroxylation is 1. The summed E-state index contributed by atoms with van der Waals surface area (Å²) >= 11 is 0. The molecule has 1 aliphatic heterocycles. The Morgan fingerprint density at radius 2 is 2.35 bits per heavy atom. The van der Waals surface area contributed by atoms with Gasteiger partial charge in [-0.3, -0.25) is 4.79 Å². The molecule has 0 spiro atoms. The summed E-state index contributed by atoms with van der Waals surface area (Å²) < 4.78 is 13.5. The highest BCUT2D eigenvalue weighted by Crippen LogP contribution is 2.16. The zero-order valence-electron chi connectivity index (χ0n) is 9.53. The van der Waals surface area contributed by atoms with Crippen LogP contribution in [-0.4, -0.2) is 29.7 Å². The molecule has 1 aromatic rings. The maximum Gasteiger partial charge on any atom is 0.241 e. The zero-order chi connectivity index (χ0) is 12.4. The highest BCUT2D eigenvalue weighted by molar-refractivity contribution is 5.95. The Morgan fingerprint density at radius 1 is 1.59 bits per heavy atom. The molecule has 1 aliphatic rings. The molecule has 92 valence electrons. The van der Waals surface area contributed by atoms with Crippen molar-refractivity contribution >= 4 is 11.6 Å². The van der Waals surface area contributed by atoms with Gasteiger partial charge < -0.3 is 15.7 Å². The Bertz CT molecular complexity index is 437. The normalized spacial score (nSPS) is 23.7. The molecule has 1 saturated heterocycles. The molecule has 1 aromatic carbocycles. The van der Waals surface area contributed by atoms with E-state index in [1.54, 1.807) is 13.0 Å².